The number of hydrogen-bond acceptors (Lipinski definition) is 2. The summed E-state index contributed by atoms with van der Waals surface area (Å²) in [5, 5.41) is 0.780. The summed E-state index contributed by atoms with van der Waals surface area (Å²) >= 11 is 0. The van der Waals surface area contributed by atoms with Gasteiger partial charge in [0.25, 0.3) is 0 Å². The quantitative estimate of drug-likeness (QED) is 0.672. The Morgan fingerprint density at radius 2 is 1.06 bits per heavy atom. The third-order valence-electron chi connectivity index (χ3n) is 3.82. The summed E-state index contributed by atoms with van der Waals surface area (Å²) in [4.78, 5) is 0. The molecular weight excluding hydrogens is 262 g/mol. The lowest BCUT2D eigenvalue weighted by Gasteiger charge is -2.39. The van der Waals surface area contributed by atoms with E-state index in [1.54, 1.807) is 0 Å². The molecule has 2 saturated heterocycles. The normalized spacial score (nSPS) is 38.3. The predicted molar refractivity (Wildman–Crippen MR) is 82.6 cm³/mol. The zero-order valence-corrected chi connectivity index (χ0v) is 14.5. The molecule has 0 spiro atoms. The van der Waals surface area contributed by atoms with Crippen molar-refractivity contribution in [3.8, 4) is 0 Å². The first kappa shape index (κ1) is 15.2. The van der Waals surface area contributed by atoms with E-state index in [-0.39, 0.29) is 15.8 Å². The second-order valence-electron chi connectivity index (χ2n) is 7.25. The summed E-state index contributed by atoms with van der Waals surface area (Å²) in [6, 6.07) is 0. The first-order chi connectivity index (χ1) is 8.21. The zero-order chi connectivity index (χ0) is 13.6. The Labute approximate surface area is 115 Å². The molecule has 2 fully saturated rings. The molecule has 4 heteroatoms. The maximum absolute atomic E-state index is 6.12. The van der Waals surface area contributed by atoms with E-state index in [9.17, 15) is 0 Å². The summed E-state index contributed by atoms with van der Waals surface area (Å²) in [5.41, 5.74) is 0. The van der Waals surface area contributed by atoms with Gasteiger partial charge in [0.15, 0.2) is 0 Å². The van der Waals surface area contributed by atoms with E-state index in [0.717, 1.165) is 13.2 Å². The van der Waals surface area contributed by atoms with Gasteiger partial charge in [0.1, 0.15) is 11.7 Å². The van der Waals surface area contributed by atoms with E-state index in [1.807, 2.05) is 0 Å². The molecular formula is C14H28O2P2. The van der Waals surface area contributed by atoms with Gasteiger partial charge in [-0.2, -0.15) is 0 Å². The highest BCUT2D eigenvalue weighted by molar-refractivity contribution is 7.64. The number of rotatable bonds is 1. The molecule has 2 aliphatic heterocycles. The molecule has 2 heterocycles. The Bertz CT molecular complexity index is 263. The highest BCUT2D eigenvalue weighted by atomic mass is 31.1. The van der Waals surface area contributed by atoms with E-state index in [1.165, 1.54) is 12.3 Å². The van der Waals surface area contributed by atoms with Gasteiger partial charge in [-0.15, -0.1) is 0 Å². The number of ether oxygens (including phenoxy) is 2. The van der Waals surface area contributed by atoms with Gasteiger partial charge in [0.05, 0.1) is 13.2 Å². The largest absolute Gasteiger partial charge is 0.370 e. The molecule has 0 aromatic rings. The van der Waals surface area contributed by atoms with Crippen LogP contribution in [0.1, 0.15) is 41.5 Å². The van der Waals surface area contributed by atoms with Gasteiger partial charge < -0.3 is 9.47 Å². The highest BCUT2D eigenvalue weighted by Crippen LogP contribution is 2.67. The van der Waals surface area contributed by atoms with Crippen LogP contribution in [0.5, 0.6) is 0 Å². The van der Waals surface area contributed by atoms with Crippen LogP contribution >= 0.6 is 15.8 Å². The second-order valence-corrected chi connectivity index (χ2v) is 13.7. The van der Waals surface area contributed by atoms with Crippen molar-refractivity contribution in [1.82, 2.24) is 0 Å². The van der Waals surface area contributed by atoms with Crippen LogP contribution in [-0.2, 0) is 9.47 Å². The predicted octanol–water partition coefficient (Wildman–Crippen LogP) is 4.26. The van der Waals surface area contributed by atoms with Gasteiger partial charge in [0.2, 0.25) is 0 Å². The van der Waals surface area contributed by atoms with Gasteiger partial charge in [-0.05, 0) is 22.6 Å². The zero-order valence-electron chi connectivity index (χ0n) is 12.7. The van der Waals surface area contributed by atoms with Crippen LogP contribution in [0.2, 0.25) is 0 Å². The van der Waals surface area contributed by atoms with Crippen molar-refractivity contribution >= 4 is 15.8 Å². The third-order valence-corrected chi connectivity index (χ3v) is 10.9. The molecule has 0 aromatic heterocycles. The molecule has 1 unspecified atom stereocenters. The molecule has 18 heavy (non-hydrogen) atoms. The lowest BCUT2D eigenvalue weighted by molar-refractivity contribution is 0.0349. The Morgan fingerprint density at radius 1 is 0.722 bits per heavy atom. The molecule has 106 valence electrons. The van der Waals surface area contributed by atoms with Crippen LogP contribution in [-0.4, -0.2) is 47.5 Å². The maximum atomic E-state index is 6.12. The average Bonchev–Trinajstić information content (AvgIpc) is 2.83. The van der Waals surface area contributed by atoms with Crippen molar-refractivity contribution in [3.63, 3.8) is 0 Å². The van der Waals surface area contributed by atoms with Crippen molar-refractivity contribution < 1.29 is 9.47 Å². The molecule has 0 aromatic carbocycles. The fourth-order valence-electron chi connectivity index (χ4n) is 2.88. The molecule has 0 bridgehead atoms. The Balaban J connectivity index is 2.15. The van der Waals surface area contributed by atoms with Gasteiger partial charge in [-0.3, -0.25) is 0 Å². The summed E-state index contributed by atoms with van der Waals surface area (Å²) in [6.45, 7) is 16.1. The Kier molecular flexibility index (Phi) is 4.45. The van der Waals surface area contributed by atoms with Crippen molar-refractivity contribution in [1.29, 1.82) is 0 Å². The smallest absolute Gasteiger partial charge is 0.107 e. The maximum Gasteiger partial charge on any atom is 0.107 e. The monoisotopic (exact) mass is 290 g/mol. The van der Waals surface area contributed by atoms with Crippen LogP contribution < -0.4 is 0 Å². The first-order valence-corrected chi connectivity index (χ1v) is 10.2. The molecule has 0 N–H and O–H groups in total. The Morgan fingerprint density at radius 3 is 1.33 bits per heavy atom. The van der Waals surface area contributed by atoms with E-state index >= 15 is 0 Å². The van der Waals surface area contributed by atoms with Crippen molar-refractivity contribution in [2.45, 2.75) is 63.5 Å². The second kappa shape index (κ2) is 5.28. The lowest BCUT2D eigenvalue weighted by Crippen LogP contribution is -2.31. The highest BCUT2D eigenvalue weighted by Gasteiger charge is 2.48. The number of hydrogen-bond donors (Lipinski definition) is 0. The lowest BCUT2D eigenvalue weighted by atomic mass is 10.3. The standard InChI is InChI=1S/C14H28O2P2/c1-13(2,3)17-9-7-15-11(17)12-16-8-10-18(12)14(4,5)6/h11-12H,7-10H2,1-6H3/t11-,12?,17+,18+/m0/s1. The molecule has 0 saturated carbocycles. The van der Waals surface area contributed by atoms with Crippen LogP contribution in [0, 0.1) is 0 Å². The third kappa shape index (κ3) is 3.09. The molecule has 0 amide bonds. The Hall–Kier alpha value is 0.780. The summed E-state index contributed by atoms with van der Waals surface area (Å²) in [6.07, 6.45) is 2.52. The molecule has 2 nitrogen and oxygen atoms in total. The summed E-state index contributed by atoms with van der Waals surface area (Å²) in [5.74, 6) is 0.792. The van der Waals surface area contributed by atoms with Crippen LogP contribution in [0.15, 0.2) is 0 Å². The van der Waals surface area contributed by atoms with Gasteiger partial charge in [0, 0.05) is 0 Å². The van der Waals surface area contributed by atoms with Crippen LogP contribution in [0.3, 0.4) is 0 Å². The van der Waals surface area contributed by atoms with E-state index in [0.29, 0.717) is 22.0 Å². The first-order valence-electron chi connectivity index (χ1n) is 6.98. The van der Waals surface area contributed by atoms with Gasteiger partial charge in [-0.25, -0.2) is 0 Å². The van der Waals surface area contributed by atoms with E-state index in [2.05, 4.69) is 41.5 Å². The van der Waals surface area contributed by atoms with Crippen molar-refractivity contribution in [2.24, 2.45) is 0 Å². The average molecular weight is 290 g/mol. The minimum atomic E-state index is -0.0654. The van der Waals surface area contributed by atoms with Crippen molar-refractivity contribution in [3.05, 3.63) is 0 Å². The molecule has 0 aliphatic carbocycles. The molecule has 4 atom stereocenters. The molecule has 2 rings (SSSR count). The van der Waals surface area contributed by atoms with Crippen LogP contribution in [0.4, 0.5) is 0 Å². The molecule has 2 aliphatic rings. The van der Waals surface area contributed by atoms with Gasteiger partial charge >= 0.3 is 0 Å². The van der Waals surface area contributed by atoms with E-state index in [4.69, 9.17) is 9.47 Å². The summed E-state index contributed by atoms with van der Waals surface area (Å²) in [7, 11) is -0.131. The fraction of sp³-hybridized carbons (Fsp3) is 1.00. The fourth-order valence-corrected chi connectivity index (χ4v) is 9.19. The minimum absolute atomic E-state index is 0.0654. The topological polar surface area (TPSA) is 18.5 Å². The van der Waals surface area contributed by atoms with E-state index < -0.39 is 0 Å². The minimum Gasteiger partial charge on any atom is -0.370 e. The van der Waals surface area contributed by atoms with Gasteiger partial charge in [-0.1, -0.05) is 57.4 Å². The summed E-state index contributed by atoms with van der Waals surface area (Å²) < 4.78 is 12.2. The van der Waals surface area contributed by atoms with Crippen LogP contribution in [0.25, 0.3) is 0 Å². The molecule has 0 radical (unpaired) electrons. The SMILES string of the molecule is CC(C)(C)[P@]1CCOC1[C@H]1OCC[P@@]1C(C)(C)C. The van der Waals surface area contributed by atoms with Crippen molar-refractivity contribution in [2.75, 3.05) is 25.5 Å².